The summed E-state index contributed by atoms with van der Waals surface area (Å²) in [4.78, 5) is 71.8. The Balaban J connectivity index is 1.23. The molecule has 43 heavy (non-hydrogen) atoms. The van der Waals surface area contributed by atoms with E-state index >= 15 is 0 Å². The van der Waals surface area contributed by atoms with Crippen LogP contribution in [0.15, 0.2) is 24.3 Å². The average molecular weight is 592 g/mol. The van der Waals surface area contributed by atoms with Crippen molar-refractivity contribution in [2.75, 3.05) is 20.2 Å². The number of rotatable bonds is 9. The number of ketones is 1. The van der Waals surface area contributed by atoms with Gasteiger partial charge in [0.05, 0.1) is 13.2 Å². The molecule has 2 aliphatic heterocycles. The van der Waals surface area contributed by atoms with Crippen molar-refractivity contribution in [2.45, 2.75) is 82.3 Å². The highest BCUT2D eigenvalue weighted by Gasteiger charge is 2.50. The summed E-state index contributed by atoms with van der Waals surface area (Å²) in [6, 6.07) is 5.29. The zero-order chi connectivity index (χ0) is 30.1. The summed E-state index contributed by atoms with van der Waals surface area (Å²) in [5.41, 5.74) is 1.12. The summed E-state index contributed by atoms with van der Waals surface area (Å²) in [7, 11) is 1.58. The number of aromatic amines is 1. The van der Waals surface area contributed by atoms with Crippen LogP contribution in [0.25, 0.3) is 10.9 Å². The van der Waals surface area contributed by atoms with Gasteiger partial charge in [-0.05, 0) is 68.6 Å². The molecule has 4 amide bonds. The fourth-order valence-electron chi connectivity index (χ4n) is 7.73. The van der Waals surface area contributed by atoms with Gasteiger partial charge in [-0.15, -0.1) is 0 Å². The molecule has 11 heteroatoms. The molecule has 3 heterocycles. The summed E-state index contributed by atoms with van der Waals surface area (Å²) < 4.78 is 5.46. The lowest BCUT2D eigenvalue weighted by Gasteiger charge is -2.29. The van der Waals surface area contributed by atoms with E-state index in [2.05, 4.69) is 20.9 Å². The van der Waals surface area contributed by atoms with Crippen molar-refractivity contribution in [1.82, 2.24) is 25.8 Å². The molecular weight excluding hydrogens is 550 g/mol. The van der Waals surface area contributed by atoms with Gasteiger partial charge in [-0.3, -0.25) is 24.0 Å². The lowest BCUT2D eigenvalue weighted by Crippen LogP contribution is -2.56. The van der Waals surface area contributed by atoms with Crippen LogP contribution >= 0.6 is 0 Å². The van der Waals surface area contributed by atoms with Gasteiger partial charge in [0.1, 0.15) is 17.5 Å². The molecule has 11 nitrogen and oxygen atoms in total. The van der Waals surface area contributed by atoms with E-state index in [0.717, 1.165) is 62.3 Å². The van der Waals surface area contributed by atoms with E-state index in [1.54, 1.807) is 18.1 Å². The zero-order valence-electron chi connectivity index (χ0n) is 24.7. The Bertz CT molecular complexity index is 1410. The van der Waals surface area contributed by atoms with E-state index in [4.69, 9.17) is 4.74 Å². The smallest absolute Gasteiger partial charge is 0.289 e. The molecule has 4 fully saturated rings. The number of ether oxygens (including phenoxy) is 1. The van der Waals surface area contributed by atoms with Crippen molar-refractivity contribution < 1.29 is 28.7 Å². The molecule has 4 N–H and O–H groups in total. The van der Waals surface area contributed by atoms with Crippen molar-refractivity contribution in [3.63, 3.8) is 0 Å². The number of carbonyl (C=O) groups is 5. The number of hydrogen-bond donors (Lipinski definition) is 4. The lowest BCUT2D eigenvalue weighted by atomic mass is 9.91. The molecule has 2 aromatic rings. The monoisotopic (exact) mass is 591 g/mol. The van der Waals surface area contributed by atoms with Crippen molar-refractivity contribution in [3.05, 3.63) is 30.0 Å². The summed E-state index contributed by atoms with van der Waals surface area (Å²) in [5.74, 6) is -2.06. The fraction of sp³-hybridized carbons (Fsp3) is 0.594. The van der Waals surface area contributed by atoms with E-state index in [-0.39, 0.29) is 36.1 Å². The van der Waals surface area contributed by atoms with Crippen LogP contribution in [0.1, 0.15) is 74.7 Å². The molecule has 1 aromatic carbocycles. The van der Waals surface area contributed by atoms with Gasteiger partial charge in [-0.1, -0.05) is 31.7 Å². The van der Waals surface area contributed by atoms with Crippen molar-refractivity contribution in [2.24, 2.45) is 17.8 Å². The normalized spacial score (nSPS) is 26.2. The third kappa shape index (κ3) is 5.86. The number of aromatic nitrogens is 1. The second-order valence-electron chi connectivity index (χ2n) is 12.6. The average Bonchev–Trinajstić information content (AvgIpc) is 3.80. The maximum Gasteiger partial charge on any atom is 0.289 e. The molecular formula is C32H41N5O6. The number of amides is 4. The van der Waals surface area contributed by atoms with Gasteiger partial charge in [0, 0.05) is 36.0 Å². The Labute approximate surface area is 250 Å². The van der Waals surface area contributed by atoms with Crippen molar-refractivity contribution in [1.29, 1.82) is 0 Å². The predicted molar refractivity (Wildman–Crippen MR) is 158 cm³/mol. The molecule has 230 valence electrons. The Morgan fingerprint density at radius 1 is 1.05 bits per heavy atom. The number of benzene rings is 1. The number of Topliss-reactive ketones (excluding diaryl/α,β-unsaturated/α-hetero) is 1. The maximum absolute atomic E-state index is 14.1. The third-order valence-electron chi connectivity index (χ3n) is 9.97. The van der Waals surface area contributed by atoms with Gasteiger partial charge in [0.2, 0.25) is 17.6 Å². The van der Waals surface area contributed by atoms with Crippen molar-refractivity contribution >= 4 is 40.3 Å². The van der Waals surface area contributed by atoms with Crippen LogP contribution in [0, 0.1) is 17.8 Å². The first-order valence-electron chi connectivity index (χ1n) is 15.7. The quantitative estimate of drug-likeness (QED) is 0.329. The van der Waals surface area contributed by atoms with Crippen LogP contribution in [0.4, 0.5) is 0 Å². The Morgan fingerprint density at radius 3 is 2.60 bits per heavy atom. The SMILES string of the molecule is COc1cccc2[nH]c(C(=O)N3CC4CCCC4[C@H]3C(=O)NC(CC3CCNC3=O)C(=O)C(=O)NC3CCCCC3)cc12. The van der Waals surface area contributed by atoms with E-state index < -0.39 is 35.6 Å². The van der Waals surface area contributed by atoms with Crippen LogP contribution in [0.3, 0.4) is 0 Å². The maximum atomic E-state index is 14.1. The minimum atomic E-state index is -1.15. The zero-order valence-corrected chi connectivity index (χ0v) is 24.7. The van der Waals surface area contributed by atoms with Gasteiger partial charge in [0.15, 0.2) is 0 Å². The summed E-state index contributed by atoms with van der Waals surface area (Å²) >= 11 is 0. The van der Waals surface area contributed by atoms with Crippen LogP contribution < -0.4 is 20.7 Å². The molecule has 5 atom stereocenters. The number of H-pyrrole nitrogens is 1. The number of nitrogens with one attached hydrogen (secondary N) is 4. The van der Waals surface area contributed by atoms with Gasteiger partial charge in [-0.2, -0.15) is 0 Å². The van der Waals surface area contributed by atoms with Gasteiger partial charge in [0.25, 0.3) is 11.8 Å². The first-order chi connectivity index (χ1) is 20.8. The minimum Gasteiger partial charge on any atom is -0.496 e. The molecule has 0 radical (unpaired) electrons. The largest absolute Gasteiger partial charge is 0.496 e. The minimum absolute atomic E-state index is 0.0375. The standard InChI is InChI=1S/C32H41N5O6/c1-43-26-12-6-11-23-22(26)16-25(35-23)32(42)37-17-19-7-5-10-21(19)27(37)30(40)36-24(15-18-13-14-33-29(18)39)28(38)31(41)34-20-8-3-2-4-9-20/h6,11-12,16,18-21,24,27,35H,2-5,7-10,13-15,17H2,1H3,(H,33,39)(H,34,41)(H,36,40)/t18?,19?,21?,24?,27-/m0/s1. The first-order valence-corrected chi connectivity index (χ1v) is 15.7. The fourth-order valence-corrected chi connectivity index (χ4v) is 7.73. The van der Waals surface area contributed by atoms with Crippen LogP contribution in [0.5, 0.6) is 5.75 Å². The number of carbonyl (C=O) groups excluding carboxylic acids is 5. The van der Waals surface area contributed by atoms with E-state index in [1.807, 2.05) is 18.2 Å². The highest BCUT2D eigenvalue weighted by atomic mass is 16.5. The summed E-state index contributed by atoms with van der Waals surface area (Å²) in [6.45, 7) is 0.941. The Kier molecular flexibility index (Phi) is 8.41. The van der Waals surface area contributed by atoms with E-state index in [9.17, 15) is 24.0 Å². The molecule has 6 rings (SSSR count). The Morgan fingerprint density at radius 2 is 1.86 bits per heavy atom. The number of hydrogen-bond acceptors (Lipinski definition) is 6. The van der Waals surface area contributed by atoms with Crippen LogP contribution in [-0.2, 0) is 19.2 Å². The molecule has 1 aromatic heterocycles. The highest BCUT2D eigenvalue weighted by molar-refractivity contribution is 6.38. The van der Waals surface area contributed by atoms with Crippen LogP contribution in [-0.4, -0.2) is 77.6 Å². The van der Waals surface area contributed by atoms with Gasteiger partial charge < -0.3 is 30.6 Å². The summed E-state index contributed by atoms with van der Waals surface area (Å²) in [6.07, 6.45) is 8.03. The number of likely N-dealkylation sites (tertiary alicyclic amines) is 1. The third-order valence-corrected chi connectivity index (χ3v) is 9.97. The number of methoxy groups -OCH3 is 1. The van der Waals surface area contributed by atoms with Crippen molar-refractivity contribution in [3.8, 4) is 5.75 Å². The second kappa shape index (κ2) is 12.4. The lowest BCUT2D eigenvalue weighted by molar-refractivity contribution is -0.141. The van der Waals surface area contributed by atoms with E-state index in [1.165, 1.54) is 0 Å². The highest BCUT2D eigenvalue weighted by Crippen LogP contribution is 2.43. The van der Waals surface area contributed by atoms with Crippen LogP contribution in [0.2, 0.25) is 0 Å². The molecule has 0 bridgehead atoms. The molecule has 0 spiro atoms. The predicted octanol–water partition coefficient (Wildman–Crippen LogP) is 2.45. The van der Waals surface area contributed by atoms with E-state index in [0.29, 0.717) is 31.0 Å². The van der Waals surface area contributed by atoms with Gasteiger partial charge in [-0.25, -0.2) is 0 Å². The summed E-state index contributed by atoms with van der Waals surface area (Å²) in [5, 5.41) is 9.29. The second-order valence-corrected chi connectivity index (χ2v) is 12.6. The topological polar surface area (TPSA) is 150 Å². The van der Waals surface area contributed by atoms with Gasteiger partial charge >= 0.3 is 0 Å². The molecule has 4 aliphatic rings. The number of fused-ring (bicyclic) bond motifs is 2. The number of nitrogens with zero attached hydrogens (tertiary/aromatic N) is 1. The first kappa shape index (κ1) is 29.2. The molecule has 4 unspecified atom stereocenters. The molecule has 2 aliphatic carbocycles. The molecule has 2 saturated heterocycles. The molecule has 2 saturated carbocycles. The Hall–Kier alpha value is -3.89.